The predicted octanol–water partition coefficient (Wildman–Crippen LogP) is 1.93. The van der Waals surface area contributed by atoms with E-state index >= 15 is 0 Å². The summed E-state index contributed by atoms with van der Waals surface area (Å²) in [6, 6.07) is 3.73. The molecule has 0 bridgehead atoms. The molecular formula is C14H18ClN3O2. The molecule has 1 N–H and O–H groups in total. The van der Waals surface area contributed by atoms with Gasteiger partial charge in [-0.1, -0.05) is 11.6 Å². The molecule has 3 heterocycles. The van der Waals surface area contributed by atoms with E-state index in [2.05, 4.69) is 10.3 Å². The summed E-state index contributed by atoms with van der Waals surface area (Å²) in [5.41, 5.74) is 0. The van der Waals surface area contributed by atoms with Crippen molar-refractivity contribution in [3.8, 4) is 0 Å². The summed E-state index contributed by atoms with van der Waals surface area (Å²) >= 11 is 5.80. The van der Waals surface area contributed by atoms with Gasteiger partial charge < -0.3 is 15.0 Å². The zero-order valence-corrected chi connectivity index (χ0v) is 12.0. The highest BCUT2D eigenvalue weighted by Gasteiger charge is 2.36. The number of carbonyl (C=O) groups excluding carboxylic acids is 1. The third kappa shape index (κ3) is 2.88. The van der Waals surface area contributed by atoms with E-state index in [1.807, 2.05) is 4.90 Å². The molecular weight excluding hydrogens is 278 g/mol. The van der Waals surface area contributed by atoms with Gasteiger partial charge in [0.2, 0.25) is 5.91 Å². The lowest BCUT2D eigenvalue weighted by Crippen LogP contribution is -2.43. The van der Waals surface area contributed by atoms with Gasteiger partial charge >= 0.3 is 0 Å². The molecule has 1 aromatic heterocycles. The van der Waals surface area contributed by atoms with Crippen molar-refractivity contribution in [2.24, 2.45) is 0 Å². The minimum Gasteiger partial charge on any atom is -0.381 e. The van der Waals surface area contributed by atoms with Crippen LogP contribution in [0.4, 0.5) is 5.82 Å². The highest BCUT2D eigenvalue weighted by atomic mass is 35.5. The number of pyridine rings is 1. The molecule has 1 atom stereocenters. The third-order valence-electron chi connectivity index (χ3n) is 3.92. The summed E-state index contributed by atoms with van der Waals surface area (Å²) in [4.78, 5) is 18.6. The van der Waals surface area contributed by atoms with E-state index in [0.717, 1.165) is 39.0 Å². The molecule has 2 aliphatic rings. The molecule has 1 amide bonds. The van der Waals surface area contributed by atoms with E-state index in [0.29, 0.717) is 16.9 Å². The molecule has 1 aromatic rings. The number of anilines is 1. The van der Waals surface area contributed by atoms with Crippen LogP contribution < -0.4 is 5.32 Å². The minimum atomic E-state index is -0.175. The highest BCUT2D eigenvalue weighted by molar-refractivity contribution is 6.30. The first-order chi connectivity index (χ1) is 9.74. The SMILES string of the molecule is O=C1C(Nc2ccc(Cl)cn2)CCN1C1CCOCC1. The first kappa shape index (κ1) is 13.6. The van der Waals surface area contributed by atoms with E-state index in [9.17, 15) is 4.79 Å². The average molecular weight is 296 g/mol. The van der Waals surface area contributed by atoms with Crippen LogP contribution in [0, 0.1) is 0 Å². The Balaban J connectivity index is 1.61. The Kier molecular flexibility index (Phi) is 4.08. The Morgan fingerprint density at radius 2 is 2.10 bits per heavy atom. The Hall–Kier alpha value is -1.33. The molecule has 0 saturated carbocycles. The topological polar surface area (TPSA) is 54.5 Å². The van der Waals surface area contributed by atoms with Gasteiger partial charge in [-0.25, -0.2) is 4.98 Å². The Morgan fingerprint density at radius 1 is 1.30 bits per heavy atom. The largest absolute Gasteiger partial charge is 0.381 e. The number of hydrogen-bond donors (Lipinski definition) is 1. The summed E-state index contributed by atoms with van der Waals surface area (Å²) < 4.78 is 5.35. The van der Waals surface area contributed by atoms with Crippen LogP contribution in [0.5, 0.6) is 0 Å². The number of rotatable bonds is 3. The van der Waals surface area contributed by atoms with Gasteiger partial charge in [-0.15, -0.1) is 0 Å². The molecule has 0 spiro atoms. The van der Waals surface area contributed by atoms with Crippen molar-refractivity contribution >= 4 is 23.3 Å². The molecule has 1 unspecified atom stereocenters. The van der Waals surface area contributed by atoms with Crippen LogP contribution in [0.3, 0.4) is 0 Å². The van der Waals surface area contributed by atoms with Crippen LogP contribution in [0.2, 0.25) is 5.02 Å². The van der Waals surface area contributed by atoms with E-state index < -0.39 is 0 Å². The monoisotopic (exact) mass is 295 g/mol. The van der Waals surface area contributed by atoms with Crippen LogP contribution in [0.1, 0.15) is 19.3 Å². The van der Waals surface area contributed by atoms with Crippen LogP contribution in [0.15, 0.2) is 18.3 Å². The molecule has 108 valence electrons. The maximum Gasteiger partial charge on any atom is 0.245 e. The van der Waals surface area contributed by atoms with Gasteiger partial charge in [0.15, 0.2) is 0 Å². The second kappa shape index (κ2) is 5.97. The van der Waals surface area contributed by atoms with Crippen molar-refractivity contribution in [2.45, 2.75) is 31.3 Å². The quantitative estimate of drug-likeness (QED) is 0.926. The molecule has 6 heteroatoms. The van der Waals surface area contributed by atoms with E-state index in [1.165, 1.54) is 0 Å². The summed E-state index contributed by atoms with van der Waals surface area (Å²) in [5, 5.41) is 3.79. The van der Waals surface area contributed by atoms with Crippen molar-refractivity contribution < 1.29 is 9.53 Å². The number of likely N-dealkylation sites (tertiary alicyclic amines) is 1. The molecule has 3 rings (SSSR count). The summed E-state index contributed by atoms with van der Waals surface area (Å²) in [7, 11) is 0. The number of nitrogens with one attached hydrogen (secondary N) is 1. The fraction of sp³-hybridized carbons (Fsp3) is 0.571. The molecule has 2 saturated heterocycles. The van der Waals surface area contributed by atoms with Gasteiger partial charge in [-0.3, -0.25) is 4.79 Å². The standard InChI is InChI=1S/C14H18ClN3O2/c15-10-1-2-13(16-9-10)17-12-3-6-18(14(12)19)11-4-7-20-8-5-11/h1-2,9,11-12H,3-8H2,(H,16,17). The van der Waals surface area contributed by atoms with E-state index in [4.69, 9.17) is 16.3 Å². The smallest absolute Gasteiger partial charge is 0.245 e. The summed E-state index contributed by atoms with van der Waals surface area (Å²) in [6.45, 7) is 2.32. The van der Waals surface area contributed by atoms with Crippen LogP contribution in [-0.4, -0.2) is 47.6 Å². The Labute approximate surface area is 123 Å². The van der Waals surface area contributed by atoms with Crippen molar-refractivity contribution in [3.05, 3.63) is 23.4 Å². The number of amides is 1. The average Bonchev–Trinajstić information content (AvgIpc) is 2.84. The lowest BCUT2D eigenvalue weighted by Gasteiger charge is -2.31. The molecule has 0 aliphatic carbocycles. The molecule has 5 nitrogen and oxygen atoms in total. The third-order valence-corrected chi connectivity index (χ3v) is 4.14. The fourth-order valence-electron chi connectivity index (χ4n) is 2.83. The van der Waals surface area contributed by atoms with E-state index in [-0.39, 0.29) is 11.9 Å². The Morgan fingerprint density at radius 3 is 2.80 bits per heavy atom. The summed E-state index contributed by atoms with van der Waals surface area (Å²) in [6.07, 6.45) is 4.29. The molecule has 0 aromatic carbocycles. The zero-order chi connectivity index (χ0) is 13.9. The first-order valence-corrected chi connectivity index (χ1v) is 7.38. The van der Waals surface area contributed by atoms with Gasteiger partial charge in [0.05, 0.1) is 5.02 Å². The number of aromatic nitrogens is 1. The van der Waals surface area contributed by atoms with Crippen molar-refractivity contribution in [3.63, 3.8) is 0 Å². The van der Waals surface area contributed by atoms with Crippen LogP contribution in [-0.2, 0) is 9.53 Å². The van der Waals surface area contributed by atoms with Gasteiger partial charge in [-0.05, 0) is 31.4 Å². The lowest BCUT2D eigenvalue weighted by molar-refractivity contribution is -0.131. The van der Waals surface area contributed by atoms with Gasteiger partial charge in [0.1, 0.15) is 11.9 Å². The van der Waals surface area contributed by atoms with Gasteiger partial charge in [0.25, 0.3) is 0 Å². The van der Waals surface area contributed by atoms with Crippen LogP contribution >= 0.6 is 11.6 Å². The number of hydrogen-bond acceptors (Lipinski definition) is 4. The number of carbonyl (C=O) groups is 1. The fourth-order valence-corrected chi connectivity index (χ4v) is 2.95. The van der Waals surface area contributed by atoms with Crippen molar-refractivity contribution in [1.29, 1.82) is 0 Å². The molecule has 20 heavy (non-hydrogen) atoms. The van der Waals surface area contributed by atoms with Gasteiger partial charge in [-0.2, -0.15) is 0 Å². The lowest BCUT2D eigenvalue weighted by atomic mass is 10.1. The summed E-state index contributed by atoms with van der Waals surface area (Å²) in [5.74, 6) is 0.871. The normalized spacial score (nSPS) is 24.1. The number of ether oxygens (including phenoxy) is 1. The molecule has 2 aliphatic heterocycles. The zero-order valence-electron chi connectivity index (χ0n) is 11.2. The number of halogens is 1. The van der Waals surface area contributed by atoms with Crippen molar-refractivity contribution in [1.82, 2.24) is 9.88 Å². The van der Waals surface area contributed by atoms with Crippen LogP contribution in [0.25, 0.3) is 0 Å². The van der Waals surface area contributed by atoms with E-state index in [1.54, 1.807) is 18.3 Å². The Bertz CT molecular complexity index is 474. The molecule has 0 radical (unpaired) electrons. The second-order valence-electron chi connectivity index (χ2n) is 5.22. The number of nitrogens with zero attached hydrogens (tertiary/aromatic N) is 2. The molecule has 2 fully saturated rings. The first-order valence-electron chi connectivity index (χ1n) is 7.00. The highest BCUT2D eigenvalue weighted by Crippen LogP contribution is 2.23. The minimum absolute atomic E-state index is 0.175. The van der Waals surface area contributed by atoms with Gasteiger partial charge in [0, 0.05) is 32.0 Å². The predicted molar refractivity (Wildman–Crippen MR) is 76.8 cm³/mol. The maximum absolute atomic E-state index is 12.4. The second-order valence-corrected chi connectivity index (χ2v) is 5.66. The van der Waals surface area contributed by atoms with Crippen molar-refractivity contribution in [2.75, 3.05) is 25.1 Å². The maximum atomic E-state index is 12.4.